The molecule has 0 spiro atoms. The van der Waals surface area contributed by atoms with Crippen molar-refractivity contribution in [2.24, 2.45) is 35.5 Å². The fourth-order valence-corrected chi connectivity index (χ4v) is 13.8. The van der Waals surface area contributed by atoms with E-state index in [0.29, 0.717) is 23.1 Å². The van der Waals surface area contributed by atoms with Gasteiger partial charge < -0.3 is 88.8 Å². The van der Waals surface area contributed by atoms with Gasteiger partial charge in [-0.2, -0.15) is 0 Å². The lowest BCUT2D eigenvalue weighted by molar-refractivity contribution is -0.137. The predicted octanol–water partition coefficient (Wildman–Crippen LogP) is 5.08. The monoisotopic (exact) mass is 1540 g/mol. The summed E-state index contributed by atoms with van der Waals surface area (Å²) in [6.45, 7) is 22.3. The Hall–Kier alpha value is -11.4. The molecule has 0 unspecified atom stereocenters. The summed E-state index contributed by atoms with van der Waals surface area (Å²) in [7, 11) is 0. The maximum atomic E-state index is 15.5. The van der Waals surface area contributed by atoms with Crippen LogP contribution < -0.4 is 63.8 Å². The lowest BCUT2D eigenvalue weighted by Gasteiger charge is -2.31. The van der Waals surface area contributed by atoms with E-state index in [9.17, 15) is 38.7 Å². The molecule has 0 saturated carbocycles. The minimum atomic E-state index is -1.44. The molecule has 0 fully saturated rings. The molecule has 0 bridgehead atoms. The summed E-state index contributed by atoms with van der Waals surface area (Å²) in [6.07, 6.45) is 7.17. The van der Waals surface area contributed by atoms with Crippen LogP contribution in [0.2, 0.25) is 0 Å². The van der Waals surface area contributed by atoms with Gasteiger partial charge in [0, 0.05) is 101 Å². The molecule has 29 heteroatoms. The predicted molar refractivity (Wildman–Crippen MR) is 429 cm³/mol. The van der Waals surface area contributed by atoms with Gasteiger partial charge >= 0.3 is 0 Å². The fourth-order valence-electron chi connectivity index (χ4n) is 13.8. The Bertz CT molecular complexity index is 4590. The summed E-state index contributed by atoms with van der Waals surface area (Å²) in [4.78, 5) is 185. The standard InChI is InChI=1S/C83H112N16O13/c1-44(2)32-63(75(104)93-66(74(103)84-30-31-100)35-51-39-85-59-26-18-14-22-55(51)59)90-78(107)67(36-52-40-86-60-27-19-15-23-56(52)60)94-76(105)64(33-45(3)4)91-79(108)68(37-53-41-87-61-28-20-16-24-57(53)61)95-77(106)65(34-46(5)6)92-80(109)69(38-54-42-88-62-29-21-17-25-58(54)62)96-81(110)70(47(7)8)98-83(112)72(49(11)12)99-82(111)71(48(9)10)97-73(102)50(13)89-43-101/h14-29,39-50,63-72,85-88,100H,30-38H2,1-13H3,(H,84,103)(H,89,101)(H,90,107)(H,91,108)(H,92,109)(H,93,104)(H,94,105)(H,95,106)(H,96,110)(H,97,102)(H,98,112)(H,99,111)/t50-,63-,64-,65-,66-,67-,68-,69-,70-,71-,72-/m0/s1. The number of para-hydroxylation sites is 4. The molecule has 8 rings (SSSR count). The number of carbonyl (C=O) groups is 12. The first-order valence-corrected chi connectivity index (χ1v) is 38.7. The Balaban J connectivity index is 1.07. The zero-order valence-electron chi connectivity index (χ0n) is 66.1. The average Bonchev–Trinajstić information content (AvgIpc) is 1.67. The van der Waals surface area contributed by atoms with Crippen molar-refractivity contribution in [3.05, 3.63) is 144 Å². The number of hydrogen-bond acceptors (Lipinski definition) is 13. The van der Waals surface area contributed by atoms with Gasteiger partial charge in [-0.3, -0.25) is 57.5 Å². The van der Waals surface area contributed by atoms with Crippen molar-refractivity contribution >= 4 is 115 Å². The lowest BCUT2D eigenvalue weighted by Crippen LogP contribution is -2.62. The van der Waals surface area contributed by atoms with Gasteiger partial charge in [-0.1, -0.05) is 156 Å². The molecule has 17 N–H and O–H groups in total. The second kappa shape index (κ2) is 40.5. The van der Waals surface area contributed by atoms with Crippen molar-refractivity contribution in [3.63, 3.8) is 0 Å². The van der Waals surface area contributed by atoms with Crippen molar-refractivity contribution in [3.8, 4) is 0 Å². The van der Waals surface area contributed by atoms with Crippen molar-refractivity contribution in [1.82, 2.24) is 83.7 Å². The van der Waals surface area contributed by atoms with Gasteiger partial charge in [0.05, 0.1) is 6.61 Å². The zero-order valence-corrected chi connectivity index (χ0v) is 66.1. The summed E-state index contributed by atoms with van der Waals surface area (Å²) in [6, 6.07) is 15.7. The van der Waals surface area contributed by atoms with Crippen molar-refractivity contribution < 1.29 is 62.6 Å². The van der Waals surface area contributed by atoms with Crippen LogP contribution in [-0.2, 0) is 83.2 Å². The van der Waals surface area contributed by atoms with Crippen LogP contribution in [-0.4, -0.2) is 176 Å². The Morgan fingerprint density at radius 3 is 0.830 bits per heavy atom. The van der Waals surface area contributed by atoms with Gasteiger partial charge in [-0.25, -0.2) is 0 Å². The number of H-pyrrole nitrogens is 4. The van der Waals surface area contributed by atoms with E-state index in [1.165, 1.54) is 6.92 Å². The molecule has 8 aromatic rings. The summed E-state index contributed by atoms with van der Waals surface area (Å²) < 4.78 is 0. The highest BCUT2D eigenvalue weighted by Crippen LogP contribution is 2.25. The van der Waals surface area contributed by atoms with Crippen LogP contribution in [0, 0.1) is 35.5 Å². The third-order valence-corrected chi connectivity index (χ3v) is 19.8. The van der Waals surface area contributed by atoms with E-state index < -0.39 is 149 Å². The van der Waals surface area contributed by atoms with E-state index in [4.69, 9.17) is 0 Å². The lowest BCUT2D eigenvalue weighted by atomic mass is 9.97. The molecule has 4 aromatic heterocycles. The molecule has 0 aliphatic carbocycles. The number of aliphatic hydroxyl groups excluding tert-OH is 1. The van der Waals surface area contributed by atoms with E-state index in [2.05, 4.69) is 83.7 Å². The minimum absolute atomic E-state index is 0.0270. The molecule has 12 amide bonds. The number of nitrogens with one attached hydrogen (secondary N) is 16. The highest BCUT2D eigenvalue weighted by atomic mass is 16.3. The number of rotatable bonds is 42. The quantitative estimate of drug-likeness (QED) is 0.0222. The van der Waals surface area contributed by atoms with Crippen LogP contribution in [0.5, 0.6) is 0 Å². The van der Waals surface area contributed by atoms with Crippen LogP contribution in [0.1, 0.15) is 132 Å². The minimum Gasteiger partial charge on any atom is -0.395 e. The number of amides is 12. The number of aromatic amines is 4. The first kappa shape index (κ1) is 86.2. The zero-order chi connectivity index (χ0) is 81.6. The molecule has 4 aromatic carbocycles. The molecule has 0 saturated heterocycles. The number of aromatic nitrogens is 4. The van der Waals surface area contributed by atoms with Crippen LogP contribution in [0.15, 0.2) is 122 Å². The van der Waals surface area contributed by atoms with E-state index in [1.54, 1.807) is 66.3 Å². The van der Waals surface area contributed by atoms with Gasteiger partial charge in [0.25, 0.3) is 0 Å². The maximum absolute atomic E-state index is 15.5. The van der Waals surface area contributed by atoms with Crippen molar-refractivity contribution in [2.75, 3.05) is 13.2 Å². The molecule has 0 aliphatic heterocycles. The highest BCUT2D eigenvalue weighted by Gasteiger charge is 2.39. The maximum Gasteiger partial charge on any atom is 0.243 e. The Morgan fingerprint density at radius 1 is 0.321 bits per heavy atom. The Kier molecular flexibility index (Phi) is 31.2. The Morgan fingerprint density at radius 2 is 0.562 bits per heavy atom. The van der Waals surface area contributed by atoms with Crippen LogP contribution in [0.25, 0.3) is 43.6 Å². The molecule has 0 aliphatic rings. The number of fused-ring (bicyclic) bond motifs is 4. The van der Waals surface area contributed by atoms with Gasteiger partial charge in [-0.05, 0) is 108 Å². The third-order valence-electron chi connectivity index (χ3n) is 19.8. The van der Waals surface area contributed by atoms with Crippen molar-refractivity contribution in [2.45, 2.75) is 201 Å². The van der Waals surface area contributed by atoms with Gasteiger partial charge in [0.2, 0.25) is 71.4 Å². The summed E-state index contributed by atoms with van der Waals surface area (Å²) in [5.74, 6) is -10.2. The van der Waals surface area contributed by atoms with Gasteiger partial charge in [-0.15, -0.1) is 0 Å². The molecular formula is C83H112N16O13. The second-order valence-electron chi connectivity index (χ2n) is 31.3. The topological polar surface area (TPSA) is 433 Å². The van der Waals surface area contributed by atoms with Crippen LogP contribution in [0.3, 0.4) is 0 Å². The summed E-state index contributed by atoms with van der Waals surface area (Å²) in [5, 5.41) is 46.4. The van der Waals surface area contributed by atoms with E-state index in [0.717, 1.165) is 49.2 Å². The normalized spacial score (nSPS) is 14.6. The van der Waals surface area contributed by atoms with E-state index >= 15 is 24.0 Å². The average molecular weight is 1540 g/mol. The molecule has 0 radical (unpaired) electrons. The van der Waals surface area contributed by atoms with Crippen LogP contribution in [0.4, 0.5) is 0 Å². The number of carbonyl (C=O) groups excluding carboxylic acids is 12. The Labute approximate surface area is 652 Å². The molecule has 602 valence electrons. The molecular weight excluding hydrogens is 1430 g/mol. The van der Waals surface area contributed by atoms with Crippen molar-refractivity contribution in [1.29, 1.82) is 0 Å². The first-order chi connectivity index (χ1) is 53.3. The first-order valence-electron chi connectivity index (χ1n) is 38.7. The largest absolute Gasteiger partial charge is 0.395 e. The second-order valence-corrected chi connectivity index (χ2v) is 31.3. The number of aliphatic hydroxyl groups is 1. The SMILES string of the molecule is CC(C)C[C@H](NC(=O)[C@H](Cc1c[nH]c2ccccc12)NC(=O)[C@H](CC(C)C)NC(=O)[C@H](Cc1c[nH]c2ccccc12)NC(=O)[C@H](CC(C)C)NC(=O)[C@H](Cc1c[nH]c2ccccc12)NC(=O)[C@@H](NC(=O)[C@@H](NC(=O)[C@@H](NC(=O)[C@H](C)NC=O)C(C)C)C(C)C)C(C)C)C(=O)N[C@@H](Cc1c[nH]c2ccccc12)C(=O)NCCO. The van der Waals surface area contributed by atoms with Gasteiger partial charge in [0.15, 0.2) is 0 Å². The van der Waals surface area contributed by atoms with Crippen LogP contribution >= 0.6 is 0 Å². The third kappa shape index (κ3) is 23.6. The molecule has 11 atom stereocenters. The summed E-state index contributed by atoms with van der Waals surface area (Å²) >= 11 is 0. The molecule has 4 heterocycles. The van der Waals surface area contributed by atoms with E-state index in [-0.39, 0.29) is 75.9 Å². The van der Waals surface area contributed by atoms with Gasteiger partial charge in [0.1, 0.15) is 66.5 Å². The van der Waals surface area contributed by atoms with E-state index in [1.807, 2.05) is 139 Å². The molecule has 112 heavy (non-hydrogen) atoms. The number of benzene rings is 4. The summed E-state index contributed by atoms with van der Waals surface area (Å²) in [5.41, 5.74) is 5.68. The number of hydrogen-bond donors (Lipinski definition) is 17. The molecule has 29 nitrogen and oxygen atoms in total. The highest BCUT2D eigenvalue weighted by molar-refractivity contribution is 6.01. The fraction of sp³-hybridized carbons (Fsp3) is 0.470. The smallest absolute Gasteiger partial charge is 0.243 e.